The van der Waals surface area contributed by atoms with Crippen LogP contribution in [-0.4, -0.2) is 54.1 Å². The molecule has 2 radical (unpaired) electrons. The third-order valence-electron chi connectivity index (χ3n) is 1.58. The molecule has 0 bridgehead atoms. The molecule has 4 nitrogen and oxygen atoms in total. The zero-order valence-electron chi connectivity index (χ0n) is 5.34. The number of rotatable bonds is 1. The number of hydrogen-bond donors (Lipinski definition) is 3. The normalized spacial score (nSPS) is 47.9. The van der Waals surface area contributed by atoms with Gasteiger partial charge in [0.25, 0.3) is 0 Å². The first-order chi connectivity index (χ1) is 4.66. The quantitative estimate of drug-likeness (QED) is 0.358. The van der Waals surface area contributed by atoms with Crippen molar-refractivity contribution < 1.29 is 20.1 Å². The standard InChI is InChI=1S/C5H9BO4/c6-5-4(9)3(8)2(1-7)10-5/h2-5,7-9H,1H2/t2-,3-,4+,5-/m1/s1. The van der Waals surface area contributed by atoms with E-state index in [-0.39, 0.29) is 6.61 Å². The van der Waals surface area contributed by atoms with Crippen molar-refractivity contribution in [3.05, 3.63) is 0 Å². The third kappa shape index (κ3) is 1.18. The van der Waals surface area contributed by atoms with Gasteiger partial charge in [-0.25, -0.2) is 0 Å². The molecule has 1 aliphatic rings. The van der Waals surface area contributed by atoms with E-state index in [1.54, 1.807) is 0 Å². The average molecular weight is 144 g/mol. The summed E-state index contributed by atoms with van der Waals surface area (Å²) in [6, 6.07) is -0.882. The van der Waals surface area contributed by atoms with E-state index in [2.05, 4.69) is 0 Å². The van der Waals surface area contributed by atoms with Gasteiger partial charge in [0.1, 0.15) is 20.1 Å². The van der Waals surface area contributed by atoms with Crippen molar-refractivity contribution in [2.45, 2.75) is 24.3 Å². The molecule has 0 aliphatic carbocycles. The summed E-state index contributed by atoms with van der Waals surface area (Å²) in [5.41, 5.74) is 0. The van der Waals surface area contributed by atoms with Crippen LogP contribution in [0.4, 0.5) is 0 Å². The van der Waals surface area contributed by atoms with Crippen LogP contribution in [0.15, 0.2) is 0 Å². The molecule has 0 aromatic rings. The van der Waals surface area contributed by atoms with Gasteiger partial charge in [0, 0.05) is 6.00 Å². The van der Waals surface area contributed by atoms with Gasteiger partial charge in [-0.05, 0) is 0 Å². The molecule has 1 aliphatic heterocycles. The Morgan fingerprint density at radius 1 is 1.30 bits per heavy atom. The first kappa shape index (κ1) is 8.01. The molecule has 0 spiro atoms. The van der Waals surface area contributed by atoms with Crippen LogP contribution in [-0.2, 0) is 4.74 Å². The second-order valence-electron chi connectivity index (χ2n) is 2.30. The van der Waals surface area contributed by atoms with Crippen LogP contribution >= 0.6 is 0 Å². The van der Waals surface area contributed by atoms with Crippen LogP contribution in [0.2, 0.25) is 0 Å². The highest BCUT2D eigenvalue weighted by molar-refractivity contribution is 6.11. The predicted molar refractivity (Wildman–Crippen MR) is 33.5 cm³/mol. The van der Waals surface area contributed by atoms with Gasteiger partial charge in [-0.2, -0.15) is 0 Å². The molecule has 4 atom stereocenters. The van der Waals surface area contributed by atoms with Gasteiger partial charge in [-0.3, -0.25) is 0 Å². The predicted octanol–water partition coefficient (Wildman–Crippen LogP) is -2.41. The van der Waals surface area contributed by atoms with Crippen molar-refractivity contribution in [3.8, 4) is 0 Å². The van der Waals surface area contributed by atoms with Crippen molar-refractivity contribution in [2.24, 2.45) is 0 Å². The van der Waals surface area contributed by atoms with Crippen LogP contribution in [0.3, 0.4) is 0 Å². The van der Waals surface area contributed by atoms with Crippen molar-refractivity contribution in [1.29, 1.82) is 0 Å². The molecular weight excluding hydrogens is 135 g/mol. The Morgan fingerprint density at radius 3 is 2.10 bits per heavy atom. The highest BCUT2D eigenvalue weighted by Crippen LogP contribution is 2.18. The molecule has 1 saturated heterocycles. The summed E-state index contributed by atoms with van der Waals surface area (Å²) in [4.78, 5) is 0. The van der Waals surface area contributed by atoms with Gasteiger partial charge in [0.2, 0.25) is 0 Å². The van der Waals surface area contributed by atoms with Gasteiger partial charge < -0.3 is 20.1 Å². The third-order valence-corrected chi connectivity index (χ3v) is 1.58. The number of aliphatic hydroxyl groups is 3. The largest absolute Gasteiger partial charge is 0.394 e. The SMILES string of the molecule is [B][C@@H]1O[C@H](CO)[C@@H](O)[C@@H]1O. The van der Waals surface area contributed by atoms with Gasteiger partial charge in [-0.15, -0.1) is 0 Å². The van der Waals surface area contributed by atoms with Gasteiger partial charge in [0.05, 0.1) is 12.7 Å². The fourth-order valence-electron chi connectivity index (χ4n) is 0.928. The molecule has 1 heterocycles. The molecule has 0 unspecified atom stereocenters. The number of ether oxygens (including phenoxy) is 1. The molecule has 0 amide bonds. The Balaban J connectivity index is 2.53. The van der Waals surface area contributed by atoms with Gasteiger partial charge in [0.15, 0.2) is 0 Å². The minimum atomic E-state index is -1.09. The zero-order valence-corrected chi connectivity index (χ0v) is 5.34. The maximum atomic E-state index is 9.01. The summed E-state index contributed by atoms with van der Waals surface area (Å²) >= 11 is 0. The molecule has 5 heteroatoms. The summed E-state index contributed by atoms with van der Waals surface area (Å²) in [6.45, 7) is -0.327. The van der Waals surface area contributed by atoms with Crippen LogP contribution in [0.1, 0.15) is 0 Å². The lowest BCUT2D eigenvalue weighted by Gasteiger charge is -2.10. The molecule has 0 aromatic carbocycles. The fraction of sp³-hybridized carbons (Fsp3) is 1.00. The van der Waals surface area contributed by atoms with Crippen molar-refractivity contribution >= 4 is 7.85 Å². The molecule has 1 fully saturated rings. The molecule has 1 rings (SSSR count). The summed E-state index contributed by atoms with van der Waals surface area (Å²) in [5, 5.41) is 26.5. The van der Waals surface area contributed by atoms with Crippen LogP contribution in [0.5, 0.6) is 0 Å². The fourth-order valence-corrected chi connectivity index (χ4v) is 0.928. The van der Waals surface area contributed by atoms with Crippen molar-refractivity contribution in [1.82, 2.24) is 0 Å². The van der Waals surface area contributed by atoms with Gasteiger partial charge in [-0.1, -0.05) is 0 Å². The average Bonchev–Trinajstić information content (AvgIpc) is 2.17. The first-order valence-electron chi connectivity index (χ1n) is 3.05. The van der Waals surface area contributed by atoms with E-state index in [0.717, 1.165) is 0 Å². The maximum absolute atomic E-state index is 9.01. The second-order valence-corrected chi connectivity index (χ2v) is 2.30. The number of aliphatic hydroxyl groups excluding tert-OH is 3. The van der Waals surface area contributed by atoms with Crippen LogP contribution < -0.4 is 0 Å². The minimum Gasteiger partial charge on any atom is -0.394 e. The van der Waals surface area contributed by atoms with Crippen molar-refractivity contribution in [3.63, 3.8) is 0 Å². The molecule has 56 valence electrons. The smallest absolute Gasteiger partial charge is 0.112 e. The van der Waals surface area contributed by atoms with E-state index in [0.29, 0.717) is 0 Å². The Labute approximate surface area is 59.8 Å². The summed E-state index contributed by atoms with van der Waals surface area (Å²) < 4.78 is 4.76. The minimum absolute atomic E-state index is 0.327. The molecule has 10 heavy (non-hydrogen) atoms. The Kier molecular flexibility index (Phi) is 2.30. The number of hydrogen-bond acceptors (Lipinski definition) is 4. The lowest BCUT2D eigenvalue weighted by molar-refractivity contribution is -0.00875. The maximum Gasteiger partial charge on any atom is 0.112 e. The summed E-state index contributed by atoms with van der Waals surface area (Å²) in [7, 11) is 5.19. The Morgan fingerprint density at radius 2 is 1.90 bits per heavy atom. The topological polar surface area (TPSA) is 69.9 Å². The van der Waals surface area contributed by atoms with Crippen LogP contribution in [0, 0.1) is 0 Å². The van der Waals surface area contributed by atoms with Crippen LogP contribution in [0.25, 0.3) is 0 Å². The zero-order chi connectivity index (χ0) is 7.72. The molecule has 0 saturated carbocycles. The van der Waals surface area contributed by atoms with E-state index >= 15 is 0 Å². The molecule has 0 aromatic heterocycles. The Bertz CT molecular complexity index is 120. The highest BCUT2D eigenvalue weighted by atomic mass is 16.5. The highest BCUT2D eigenvalue weighted by Gasteiger charge is 2.38. The lowest BCUT2D eigenvalue weighted by Crippen LogP contribution is -2.33. The summed E-state index contributed by atoms with van der Waals surface area (Å²) in [6.07, 6.45) is -2.90. The van der Waals surface area contributed by atoms with Crippen molar-refractivity contribution in [2.75, 3.05) is 6.61 Å². The molecule has 3 N–H and O–H groups in total. The monoisotopic (exact) mass is 144 g/mol. The van der Waals surface area contributed by atoms with Gasteiger partial charge >= 0.3 is 0 Å². The second kappa shape index (κ2) is 2.88. The lowest BCUT2D eigenvalue weighted by atomic mass is 9.93. The summed E-state index contributed by atoms with van der Waals surface area (Å²) in [5.74, 6) is 0. The van der Waals surface area contributed by atoms with E-state index < -0.39 is 24.3 Å². The van der Waals surface area contributed by atoms with E-state index in [4.69, 9.17) is 27.9 Å². The first-order valence-corrected chi connectivity index (χ1v) is 3.05. The van der Waals surface area contributed by atoms with E-state index in [1.165, 1.54) is 0 Å². The van der Waals surface area contributed by atoms with E-state index in [1.807, 2.05) is 0 Å². The molecular formula is C5H9BO4. The van der Waals surface area contributed by atoms with E-state index in [9.17, 15) is 0 Å². The Hall–Kier alpha value is -0.0951.